The molecule has 5 nitrogen and oxygen atoms in total. The Bertz CT molecular complexity index is 630. The highest BCUT2D eigenvalue weighted by atomic mass is 16.2. The number of hydrogen-bond donors (Lipinski definition) is 1. The van der Waals surface area contributed by atoms with Crippen LogP contribution >= 0.6 is 0 Å². The lowest BCUT2D eigenvalue weighted by atomic mass is 10.2. The summed E-state index contributed by atoms with van der Waals surface area (Å²) in [5, 5.41) is 2.57. The molecule has 0 saturated heterocycles. The number of hydrogen-bond acceptors (Lipinski definition) is 3. The molecular formula is C15H12N2O3. The molecule has 0 aromatic heterocycles. The van der Waals surface area contributed by atoms with E-state index in [-0.39, 0.29) is 24.3 Å². The first-order chi connectivity index (χ1) is 9.58. The fourth-order valence-electron chi connectivity index (χ4n) is 1.66. The average Bonchev–Trinajstić information content (AvgIpc) is 2.75. The van der Waals surface area contributed by atoms with Crippen LogP contribution in [0.3, 0.4) is 0 Å². The highest BCUT2D eigenvalue weighted by Gasteiger charge is 2.24. The zero-order valence-corrected chi connectivity index (χ0v) is 10.8. The third-order valence-corrected chi connectivity index (χ3v) is 2.59. The van der Waals surface area contributed by atoms with Crippen LogP contribution in [0.25, 0.3) is 0 Å². The number of benzene rings is 1. The smallest absolute Gasteiger partial charge is 0.258 e. The lowest BCUT2D eigenvalue weighted by Gasteiger charge is -2.13. The molecule has 1 aromatic carbocycles. The number of carbonyl (C=O) groups is 3. The molecule has 0 saturated carbocycles. The van der Waals surface area contributed by atoms with Gasteiger partial charge in [-0.15, -0.1) is 0 Å². The Morgan fingerprint density at radius 3 is 2.30 bits per heavy atom. The van der Waals surface area contributed by atoms with Gasteiger partial charge in [0.1, 0.15) is 0 Å². The highest BCUT2D eigenvalue weighted by molar-refractivity contribution is 6.28. The van der Waals surface area contributed by atoms with Crippen molar-refractivity contribution >= 4 is 23.4 Å². The second-order valence-electron chi connectivity index (χ2n) is 4.10. The van der Waals surface area contributed by atoms with Crippen LogP contribution in [-0.4, -0.2) is 24.3 Å². The molecule has 1 N–H and O–H groups in total. The molecule has 20 heavy (non-hydrogen) atoms. The van der Waals surface area contributed by atoms with Crippen LogP contribution in [0.2, 0.25) is 0 Å². The third-order valence-electron chi connectivity index (χ3n) is 2.59. The molecule has 0 aliphatic carbocycles. The van der Waals surface area contributed by atoms with Gasteiger partial charge in [-0.25, -0.2) is 4.90 Å². The molecule has 5 heteroatoms. The summed E-state index contributed by atoms with van der Waals surface area (Å²) >= 11 is 0. The lowest BCUT2D eigenvalue weighted by molar-refractivity contribution is -0.120. The third kappa shape index (κ3) is 3.12. The van der Waals surface area contributed by atoms with Gasteiger partial charge in [0.2, 0.25) is 5.91 Å². The van der Waals surface area contributed by atoms with Gasteiger partial charge >= 0.3 is 0 Å². The SMILES string of the molecule is CC(=O)NCC#Cc1ccc(N2C(=O)C=CC2=O)cc1. The fraction of sp³-hybridized carbons (Fsp3) is 0.133. The predicted molar refractivity (Wildman–Crippen MR) is 73.6 cm³/mol. The van der Waals surface area contributed by atoms with E-state index in [0.717, 1.165) is 10.5 Å². The van der Waals surface area contributed by atoms with Gasteiger partial charge < -0.3 is 5.32 Å². The monoisotopic (exact) mass is 268 g/mol. The minimum Gasteiger partial charge on any atom is -0.345 e. The Morgan fingerprint density at radius 2 is 1.75 bits per heavy atom. The summed E-state index contributed by atoms with van der Waals surface area (Å²) in [6, 6.07) is 6.75. The van der Waals surface area contributed by atoms with E-state index in [0.29, 0.717) is 5.69 Å². The molecule has 0 spiro atoms. The summed E-state index contributed by atoms with van der Waals surface area (Å²) in [6.45, 7) is 1.71. The molecule has 2 rings (SSSR count). The average molecular weight is 268 g/mol. The molecule has 100 valence electrons. The first-order valence-electron chi connectivity index (χ1n) is 5.97. The van der Waals surface area contributed by atoms with E-state index in [4.69, 9.17) is 0 Å². The lowest BCUT2D eigenvalue weighted by Crippen LogP contribution is -2.29. The fourth-order valence-corrected chi connectivity index (χ4v) is 1.66. The van der Waals surface area contributed by atoms with Gasteiger partial charge in [-0.05, 0) is 24.3 Å². The zero-order valence-electron chi connectivity index (χ0n) is 10.8. The van der Waals surface area contributed by atoms with Crippen molar-refractivity contribution < 1.29 is 14.4 Å². The minimum absolute atomic E-state index is 0.131. The summed E-state index contributed by atoms with van der Waals surface area (Å²) in [5.41, 5.74) is 1.25. The van der Waals surface area contributed by atoms with Crippen LogP contribution in [0.5, 0.6) is 0 Å². The topological polar surface area (TPSA) is 66.5 Å². The number of carbonyl (C=O) groups excluding carboxylic acids is 3. The van der Waals surface area contributed by atoms with Crippen molar-refractivity contribution in [1.82, 2.24) is 5.32 Å². The van der Waals surface area contributed by atoms with Gasteiger partial charge in [0.15, 0.2) is 0 Å². The van der Waals surface area contributed by atoms with Crippen molar-refractivity contribution in [1.29, 1.82) is 0 Å². The Morgan fingerprint density at radius 1 is 1.15 bits per heavy atom. The van der Waals surface area contributed by atoms with Crippen molar-refractivity contribution in [2.24, 2.45) is 0 Å². The molecule has 0 atom stereocenters. The molecular weight excluding hydrogens is 256 g/mol. The number of amides is 3. The summed E-state index contributed by atoms with van der Waals surface area (Å²) in [5.74, 6) is 4.84. The molecule has 1 aliphatic rings. The van der Waals surface area contributed by atoms with E-state index in [1.807, 2.05) is 0 Å². The van der Waals surface area contributed by atoms with Gasteiger partial charge in [0.25, 0.3) is 11.8 Å². The Balaban J connectivity index is 2.05. The Hall–Kier alpha value is -2.87. The molecule has 0 bridgehead atoms. The highest BCUT2D eigenvalue weighted by Crippen LogP contribution is 2.19. The predicted octanol–water partition coefficient (Wildman–Crippen LogP) is 0.604. The summed E-state index contributed by atoms with van der Waals surface area (Å²) in [7, 11) is 0. The van der Waals surface area contributed by atoms with Crippen molar-refractivity contribution in [2.45, 2.75) is 6.92 Å². The van der Waals surface area contributed by atoms with Crippen LogP contribution in [0.15, 0.2) is 36.4 Å². The van der Waals surface area contributed by atoms with E-state index >= 15 is 0 Å². The summed E-state index contributed by atoms with van der Waals surface area (Å²) < 4.78 is 0. The van der Waals surface area contributed by atoms with Gasteiger partial charge in [-0.1, -0.05) is 11.8 Å². The standard InChI is InChI=1S/C15H12N2O3/c1-11(18)16-10-2-3-12-4-6-13(7-5-12)17-14(19)8-9-15(17)20/h4-9H,10H2,1H3,(H,16,18). The maximum absolute atomic E-state index is 11.5. The molecule has 0 fully saturated rings. The number of imide groups is 1. The first-order valence-corrected chi connectivity index (χ1v) is 5.97. The van der Waals surface area contributed by atoms with Gasteiger partial charge in [0, 0.05) is 24.6 Å². The van der Waals surface area contributed by atoms with Crippen molar-refractivity contribution in [3.8, 4) is 11.8 Å². The minimum atomic E-state index is -0.348. The summed E-state index contributed by atoms with van der Waals surface area (Å²) in [4.78, 5) is 34.7. The van der Waals surface area contributed by atoms with E-state index in [1.54, 1.807) is 24.3 Å². The van der Waals surface area contributed by atoms with Crippen molar-refractivity contribution in [3.63, 3.8) is 0 Å². The normalized spacial score (nSPS) is 13.2. The zero-order chi connectivity index (χ0) is 14.5. The second kappa shape index (κ2) is 5.85. The van der Waals surface area contributed by atoms with E-state index in [2.05, 4.69) is 17.2 Å². The number of rotatable bonds is 2. The van der Waals surface area contributed by atoms with Crippen LogP contribution in [0.1, 0.15) is 12.5 Å². The molecule has 0 unspecified atom stereocenters. The van der Waals surface area contributed by atoms with Gasteiger partial charge in [0.05, 0.1) is 12.2 Å². The molecule has 3 amide bonds. The van der Waals surface area contributed by atoms with Crippen molar-refractivity contribution in [2.75, 3.05) is 11.4 Å². The largest absolute Gasteiger partial charge is 0.345 e. The number of nitrogens with one attached hydrogen (secondary N) is 1. The van der Waals surface area contributed by atoms with Crippen LogP contribution < -0.4 is 10.2 Å². The van der Waals surface area contributed by atoms with Gasteiger partial charge in [-0.3, -0.25) is 14.4 Å². The maximum atomic E-state index is 11.5. The maximum Gasteiger partial charge on any atom is 0.258 e. The van der Waals surface area contributed by atoms with Gasteiger partial charge in [-0.2, -0.15) is 0 Å². The first kappa shape index (κ1) is 13.6. The second-order valence-corrected chi connectivity index (χ2v) is 4.10. The molecule has 1 aliphatic heterocycles. The van der Waals surface area contributed by atoms with Crippen LogP contribution in [0.4, 0.5) is 5.69 Å². The molecule has 1 aromatic rings. The molecule has 1 heterocycles. The van der Waals surface area contributed by atoms with Crippen LogP contribution in [-0.2, 0) is 14.4 Å². The van der Waals surface area contributed by atoms with E-state index in [9.17, 15) is 14.4 Å². The molecule has 0 radical (unpaired) electrons. The summed E-state index contributed by atoms with van der Waals surface area (Å²) in [6.07, 6.45) is 2.48. The Kier molecular flexibility index (Phi) is 3.96. The Labute approximate surface area is 116 Å². The van der Waals surface area contributed by atoms with Crippen LogP contribution in [0, 0.1) is 11.8 Å². The van der Waals surface area contributed by atoms with E-state index < -0.39 is 0 Å². The van der Waals surface area contributed by atoms with Crippen molar-refractivity contribution in [3.05, 3.63) is 42.0 Å². The number of nitrogens with zero attached hydrogens (tertiary/aromatic N) is 1. The quantitative estimate of drug-likeness (QED) is 0.631. The van der Waals surface area contributed by atoms with E-state index in [1.165, 1.54) is 19.1 Å². The number of anilines is 1.